The summed E-state index contributed by atoms with van der Waals surface area (Å²) >= 11 is 0. The first-order valence-corrected chi connectivity index (χ1v) is 6.34. The van der Waals surface area contributed by atoms with Gasteiger partial charge in [-0.3, -0.25) is 5.41 Å². The molecule has 0 aromatic carbocycles. The molecule has 0 aliphatic carbocycles. The molecule has 2 rings (SSSR count). The number of aliphatic hydroxyl groups is 1. The first-order chi connectivity index (χ1) is 9.20. The molecule has 0 unspecified atom stereocenters. The van der Waals surface area contributed by atoms with E-state index in [1.165, 1.54) is 6.20 Å². The fraction of sp³-hybridized carbons (Fsp3) is 0.583. The van der Waals surface area contributed by atoms with Crippen molar-refractivity contribution in [2.24, 2.45) is 5.73 Å². The zero-order valence-electron chi connectivity index (χ0n) is 10.7. The number of nitrogens with two attached hydrogens (primary N) is 1. The molecule has 1 fully saturated rings. The Morgan fingerprint density at radius 3 is 2.68 bits per heavy atom. The number of nitrogen functional groups attached to an aromatic ring is 1. The number of nitrogens with one attached hydrogen (secondary N) is 1. The molecule has 1 saturated heterocycles. The van der Waals surface area contributed by atoms with Crippen LogP contribution in [0.4, 0.5) is 5.82 Å². The van der Waals surface area contributed by atoms with Crippen molar-refractivity contribution in [1.29, 1.82) is 5.41 Å². The van der Waals surface area contributed by atoms with Gasteiger partial charge in [0.25, 0.3) is 0 Å². The van der Waals surface area contributed by atoms with E-state index in [-0.39, 0.29) is 18.5 Å². The quantitative estimate of drug-likeness (QED) is 0.500. The maximum absolute atomic E-state index is 8.72. The lowest BCUT2D eigenvalue weighted by Crippen LogP contribution is -2.38. The molecular formula is C12H19N5O2. The van der Waals surface area contributed by atoms with Crippen molar-refractivity contribution >= 4 is 11.7 Å². The zero-order valence-corrected chi connectivity index (χ0v) is 10.7. The lowest BCUT2D eigenvalue weighted by atomic mass is 10.1. The number of hydrogen-bond donors (Lipinski definition) is 3. The molecule has 0 saturated carbocycles. The third-order valence-electron chi connectivity index (χ3n) is 3.12. The molecular weight excluding hydrogens is 246 g/mol. The van der Waals surface area contributed by atoms with E-state index in [2.05, 4.69) is 14.9 Å². The fourth-order valence-electron chi connectivity index (χ4n) is 2.09. The van der Waals surface area contributed by atoms with Crippen LogP contribution >= 0.6 is 0 Å². The van der Waals surface area contributed by atoms with E-state index in [4.69, 9.17) is 21.0 Å². The smallest absolute Gasteiger partial charge is 0.147 e. The Kier molecular flexibility index (Phi) is 4.64. The van der Waals surface area contributed by atoms with Gasteiger partial charge in [0.1, 0.15) is 17.3 Å². The summed E-state index contributed by atoms with van der Waals surface area (Å²) in [5.41, 5.74) is 5.73. The molecule has 1 aromatic heterocycles. The highest BCUT2D eigenvalue weighted by Gasteiger charge is 2.20. The molecule has 19 heavy (non-hydrogen) atoms. The summed E-state index contributed by atoms with van der Waals surface area (Å²) in [6.45, 7) is 2.17. The highest BCUT2D eigenvalue weighted by atomic mass is 16.5. The van der Waals surface area contributed by atoms with E-state index in [1.54, 1.807) is 6.20 Å². The summed E-state index contributed by atoms with van der Waals surface area (Å²) < 4.78 is 5.51. The van der Waals surface area contributed by atoms with Gasteiger partial charge in [-0.25, -0.2) is 9.97 Å². The van der Waals surface area contributed by atoms with E-state index in [0.29, 0.717) is 12.3 Å². The molecule has 1 aliphatic rings. The fourth-order valence-corrected chi connectivity index (χ4v) is 2.09. The van der Waals surface area contributed by atoms with Gasteiger partial charge >= 0.3 is 0 Å². The SMILES string of the molecule is N=C(N)c1cnc(N2CCC(OCCO)CC2)cn1. The second-order valence-electron chi connectivity index (χ2n) is 4.45. The molecule has 1 aromatic rings. The highest BCUT2D eigenvalue weighted by molar-refractivity contribution is 5.92. The van der Waals surface area contributed by atoms with Gasteiger partial charge in [-0.05, 0) is 12.8 Å². The number of nitrogens with zero attached hydrogens (tertiary/aromatic N) is 3. The number of hydrogen-bond acceptors (Lipinski definition) is 6. The van der Waals surface area contributed by atoms with Gasteiger partial charge in [0.2, 0.25) is 0 Å². The molecule has 7 nitrogen and oxygen atoms in total. The lowest BCUT2D eigenvalue weighted by molar-refractivity contribution is 0.0158. The first kappa shape index (κ1) is 13.7. The number of rotatable bonds is 5. The third kappa shape index (κ3) is 3.62. The predicted molar refractivity (Wildman–Crippen MR) is 71.3 cm³/mol. The van der Waals surface area contributed by atoms with Crippen molar-refractivity contribution in [2.45, 2.75) is 18.9 Å². The topological polar surface area (TPSA) is 108 Å². The summed E-state index contributed by atoms with van der Waals surface area (Å²) in [5, 5.41) is 16.0. The van der Waals surface area contributed by atoms with Crippen molar-refractivity contribution in [3.05, 3.63) is 18.1 Å². The summed E-state index contributed by atoms with van der Waals surface area (Å²) in [6.07, 6.45) is 5.21. The molecule has 0 spiro atoms. The molecule has 104 valence electrons. The Bertz CT molecular complexity index is 415. The maximum Gasteiger partial charge on any atom is 0.147 e. The van der Waals surface area contributed by atoms with Crippen LogP contribution < -0.4 is 10.6 Å². The third-order valence-corrected chi connectivity index (χ3v) is 3.12. The zero-order chi connectivity index (χ0) is 13.7. The minimum atomic E-state index is -0.0739. The molecule has 0 bridgehead atoms. The second-order valence-corrected chi connectivity index (χ2v) is 4.45. The van der Waals surface area contributed by atoms with Crippen LogP contribution in [0.5, 0.6) is 0 Å². The monoisotopic (exact) mass is 265 g/mol. The van der Waals surface area contributed by atoms with Crippen LogP contribution in [0, 0.1) is 5.41 Å². The highest BCUT2D eigenvalue weighted by Crippen LogP contribution is 2.18. The van der Waals surface area contributed by atoms with Gasteiger partial charge in [-0.15, -0.1) is 0 Å². The maximum atomic E-state index is 8.72. The number of aliphatic hydroxyl groups excluding tert-OH is 1. The van der Waals surface area contributed by atoms with Gasteiger partial charge < -0.3 is 20.5 Å². The van der Waals surface area contributed by atoms with Crippen LogP contribution in [0.3, 0.4) is 0 Å². The van der Waals surface area contributed by atoms with Gasteiger partial charge in [0.15, 0.2) is 0 Å². The van der Waals surface area contributed by atoms with E-state index in [0.717, 1.165) is 31.7 Å². The van der Waals surface area contributed by atoms with Crippen LogP contribution in [0.15, 0.2) is 12.4 Å². The van der Waals surface area contributed by atoms with E-state index in [1.807, 2.05) is 0 Å². The van der Waals surface area contributed by atoms with Gasteiger partial charge in [-0.1, -0.05) is 0 Å². The first-order valence-electron chi connectivity index (χ1n) is 6.34. The van der Waals surface area contributed by atoms with Crippen LogP contribution in [0.1, 0.15) is 18.5 Å². The second kappa shape index (κ2) is 6.44. The average molecular weight is 265 g/mol. The van der Waals surface area contributed by atoms with E-state index in [9.17, 15) is 0 Å². The van der Waals surface area contributed by atoms with Crippen LogP contribution in [-0.2, 0) is 4.74 Å². The van der Waals surface area contributed by atoms with Gasteiger partial charge in [0, 0.05) is 13.1 Å². The summed E-state index contributed by atoms with van der Waals surface area (Å²) in [7, 11) is 0. The van der Waals surface area contributed by atoms with E-state index < -0.39 is 0 Å². The Morgan fingerprint density at radius 2 is 2.16 bits per heavy atom. The standard InChI is InChI=1S/C12H19N5O2/c13-12(14)10-7-16-11(8-15-10)17-3-1-9(2-4-17)19-6-5-18/h7-9,18H,1-6H2,(H3,13,14). The number of aromatic nitrogens is 2. The normalized spacial score (nSPS) is 16.6. The Morgan fingerprint density at radius 1 is 1.42 bits per heavy atom. The molecule has 0 atom stereocenters. The number of amidine groups is 1. The van der Waals surface area contributed by atoms with Crippen LogP contribution in [0.25, 0.3) is 0 Å². The largest absolute Gasteiger partial charge is 0.394 e. The molecule has 4 N–H and O–H groups in total. The summed E-state index contributed by atoms with van der Waals surface area (Å²) in [6, 6.07) is 0. The van der Waals surface area contributed by atoms with Gasteiger partial charge in [-0.2, -0.15) is 0 Å². The minimum Gasteiger partial charge on any atom is -0.394 e. The van der Waals surface area contributed by atoms with Crippen molar-refractivity contribution in [3.63, 3.8) is 0 Å². The molecule has 2 heterocycles. The lowest BCUT2D eigenvalue weighted by Gasteiger charge is -2.32. The van der Waals surface area contributed by atoms with Crippen LogP contribution in [-0.4, -0.2) is 53.3 Å². The van der Waals surface area contributed by atoms with Crippen molar-refractivity contribution in [1.82, 2.24) is 9.97 Å². The van der Waals surface area contributed by atoms with Crippen LogP contribution in [0.2, 0.25) is 0 Å². The minimum absolute atomic E-state index is 0.0677. The van der Waals surface area contributed by atoms with Crippen molar-refractivity contribution < 1.29 is 9.84 Å². The number of anilines is 1. The molecule has 0 radical (unpaired) electrons. The number of piperidine rings is 1. The van der Waals surface area contributed by atoms with Gasteiger partial charge in [0.05, 0.1) is 31.7 Å². The van der Waals surface area contributed by atoms with E-state index >= 15 is 0 Å². The predicted octanol–water partition coefficient (Wildman–Crippen LogP) is -0.262. The Balaban J connectivity index is 1.88. The van der Waals surface area contributed by atoms with Crippen molar-refractivity contribution in [2.75, 3.05) is 31.2 Å². The summed E-state index contributed by atoms with van der Waals surface area (Å²) in [4.78, 5) is 10.5. The Labute approximate surface area is 111 Å². The number of ether oxygens (including phenoxy) is 1. The summed E-state index contributed by atoms with van der Waals surface area (Å²) in [5.74, 6) is 0.723. The van der Waals surface area contributed by atoms with Crippen molar-refractivity contribution in [3.8, 4) is 0 Å². The molecule has 0 amide bonds. The molecule has 7 heteroatoms. The Hall–Kier alpha value is -1.73. The molecule has 1 aliphatic heterocycles. The average Bonchev–Trinajstić information content (AvgIpc) is 2.46.